The van der Waals surface area contributed by atoms with Crippen molar-refractivity contribution in [2.45, 2.75) is 0 Å². The normalized spacial score (nSPS) is 10.3. The van der Waals surface area contributed by atoms with Crippen LogP contribution in [0.2, 0.25) is 0 Å². The Morgan fingerprint density at radius 3 is 1.03 bits per heavy atom. The van der Waals surface area contributed by atoms with E-state index in [0.29, 0.717) is 0 Å². The van der Waals surface area contributed by atoms with Gasteiger partial charge in [0, 0.05) is 23.1 Å². The molecule has 0 aliphatic carbocycles. The molecule has 0 N–H and O–H groups in total. The van der Waals surface area contributed by atoms with Gasteiger partial charge in [-0.2, -0.15) is 0 Å². The van der Waals surface area contributed by atoms with E-state index in [2.05, 4.69) is 35.4 Å². The van der Waals surface area contributed by atoms with Crippen LogP contribution in [0.15, 0.2) is 103 Å². The summed E-state index contributed by atoms with van der Waals surface area (Å²) in [4.78, 5) is 2.16. The molecule has 0 unspecified atom stereocenters. The fraction of sp³-hybridized carbons (Fsp3) is 0.133. The molecule has 4 aromatic carbocycles. The quantitative estimate of drug-likeness (QED) is 0.266. The Bertz CT molecular complexity index is 1150. The Morgan fingerprint density at radius 1 is 0.457 bits per heavy atom. The minimum atomic E-state index is 0.804. The molecule has 4 rings (SSSR count). The van der Waals surface area contributed by atoms with Gasteiger partial charge in [0.2, 0.25) is 0 Å². The SMILES string of the molecule is COc1ccc(C(=CN(c2ccc(OC)cc2)c2ccc(OC)cc2)c2ccc(OC)cc2)cc1. The van der Waals surface area contributed by atoms with Gasteiger partial charge in [-0.3, -0.25) is 0 Å². The Morgan fingerprint density at radius 2 is 0.743 bits per heavy atom. The van der Waals surface area contributed by atoms with Gasteiger partial charge in [0.25, 0.3) is 0 Å². The van der Waals surface area contributed by atoms with Gasteiger partial charge in [-0.25, -0.2) is 0 Å². The molecular formula is C30H29NO4. The maximum atomic E-state index is 5.38. The van der Waals surface area contributed by atoms with Crippen LogP contribution in [0.1, 0.15) is 11.1 Å². The number of hydrogen-bond donors (Lipinski definition) is 0. The van der Waals surface area contributed by atoms with E-state index in [1.165, 1.54) is 0 Å². The molecule has 35 heavy (non-hydrogen) atoms. The summed E-state index contributed by atoms with van der Waals surface area (Å²) in [6.07, 6.45) is 2.15. The Balaban J connectivity index is 1.88. The summed E-state index contributed by atoms with van der Waals surface area (Å²) >= 11 is 0. The summed E-state index contributed by atoms with van der Waals surface area (Å²) in [5.74, 6) is 3.23. The smallest absolute Gasteiger partial charge is 0.119 e. The Labute approximate surface area is 206 Å². The van der Waals surface area contributed by atoms with Crippen LogP contribution >= 0.6 is 0 Å². The average molecular weight is 468 g/mol. The fourth-order valence-electron chi connectivity index (χ4n) is 3.77. The van der Waals surface area contributed by atoms with Gasteiger partial charge in [-0.15, -0.1) is 0 Å². The number of nitrogens with zero attached hydrogens (tertiary/aromatic N) is 1. The zero-order valence-electron chi connectivity index (χ0n) is 20.4. The van der Waals surface area contributed by atoms with Crippen LogP contribution in [-0.2, 0) is 0 Å². The molecule has 0 radical (unpaired) electrons. The molecule has 0 aliphatic heterocycles. The lowest BCUT2D eigenvalue weighted by atomic mass is 9.98. The minimum Gasteiger partial charge on any atom is -0.497 e. The number of benzene rings is 4. The van der Waals surface area contributed by atoms with Crippen molar-refractivity contribution in [3.63, 3.8) is 0 Å². The molecule has 0 saturated heterocycles. The molecule has 0 fully saturated rings. The maximum absolute atomic E-state index is 5.38. The summed E-state index contributed by atoms with van der Waals surface area (Å²) in [6.45, 7) is 0. The van der Waals surface area contributed by atoms with E-state index in [0.717, 1.165) is 51.1 Å². The van der Waals surface area contributed by atoms with Crippen molar-refractivity contribution in [1.29, 1.82) is 0 Å². The van der Waals surface area contributed by atoms with Gasteiger partial charge in [0.1, 0.15) is 23.0 Å². The van der Waals surface area contributed by atoms with Crippen LogP contribution in [0.3, 0.4) is 0 Å². The summed E-state index contributed by atoms with van der Waals surface area (Å²) < 4.78 is 21.5. The predicted molar refractivity (Wildman–Crippen MR) is 141 cm³/mol. The first kappa shape index (κ1) is 23.8. The standard InChI is InChI=1S/C30H29NO4/c1-32-26-13-5-22(6-14-26)30(23-7-15-27(33-2)16-8-23)21-31(24-9-17-28(34-3)18-10-24)25-11-19-29(35-4)20-12-25/h5-21H,1-4H3. The molecule has 0 bridgehead atoms. The van der Waals surface area contributed by atoms with Crippen molar-refractivity contribution < 1.29 is 18.9 Å². The molecule has 0 spiro atoms. The lowest BCUT2D eigenvalue weighted by Gasteiger charge is -2.24. The van der Waals surface area contributed by atoms with Crippen LogP contribution in [0.4, 0.5) is 11.4 Å². The van der Waals surface area contributed by atoms with Crippen LogP contribution < -0.4 is 23.8 Å². The third-order valence-electron chi connectivity index (χ3n) is 5.76. The van der Waals surface area contributed by atoms with Gasteiger partial charge in [0.15, 0.2) is 0 Å². The van der Waals surface area contributed by atoms with E-state index < -0.39 is 0 Å². The van der Waals surface area contributed by atoms with Gasteiger partial charge in [-0.05, 0) is 83.9 Å². The van der Waals surface area contributed by atoms with Crippen molar-refractivity contribution >= 4 is 16.9 Å². The Hall–Kier alpha value is -4.38. The zero-order chi connectivity index (χ0) is 24.6. The fourth-order valence-corrected chi connectivity index (χ4v) is 3.77. The van der Waals surface area contributed by atoms with Crippen molar-refractivity contribution in [2.24, 2.45) is 0 Å². The lowest BCUT2D eigenvalue weighted by Crippen LogP contribution is -2.10. The molecule has 178 valence electrons. The molecule has 0 atom stereocenters. The largest absolute Gasteiger partial charge is 0.497 e. The number of rotatable bonds is 9. The van der Waals surface area contributed by atoms with Gasteiger partial charge in [0.05, 0.1) is 28.4 Å². The van der Waals surface area contributed by atoms with E-state index >= 15 is 0 Å². The van der Waals surface area contributed by atoms with E-state index in [-0.39, 0.29) is 0 Å². The second kappa shape index (κ2) is 11.2. The van der Waals surface area contributed by atoms with Gasteiger partial charge < -0.3 is 23.8 Å². The van der Waals surface area contributed by atoms with Crippen LogP contribution in [-0.4, -0.2) is 28.4 Å². The third-order valence-corrected chi connectivity index (χ3v) is 5.76. The summed E-state index contributed by atoms with van der Waals surface area (Å²) in [7, 11) is 6.68. The average Bonchev–Trinajstić information content (AvgIpc) is 2.94. The molecule has 5 nitrogen and oxygen atoms in total. The van der Waals surface area contributed by atoms with E-state index in [1.807, 2.05) is 72.8 Å². The Kier molecular flexibility index (Phi) is 7.58. The van der Waals surface area contributed by atoms with Crippen molar-refractivity contribution in [3.05, 3.63) is 114 Å². The van der Waals surface area contributed by atoms with Crippen molar-refractivity contribution in [3.8, 4) is 23.0 Å². The molecular weight excluding hydrogens is 438 g/mol. The highest BCUT2D eigenvalue weighted by Gasteiger charge is 2.13. The number of ether oxygens (including phenoxy) is 4. The van der Waals surface area contributed by atoms with Crippen molar-refractivity contribution in [2.75, 3.05) is 33.3 Å². The summed E-state index contributed by atoms with van der Waals surface area (Å²) in [5.41, 5.74) is 5.15. The van der Waals surface area contributed by atoms with E-state index in [4.69, 9.17) is 18.9 Å². The summed E-state index contributed by atoms with van der Waals surface area (Å²) in [6, 6.07) is 32.1. The van der Waals surface area contributed by atoms with E-state index in [9.17, 15) is 0 Å². The molecule has 5 heteroatoms. The molecule has 0 heterocycles. The van der Waals surface area contributed by atoms with Gasteiger partial charge >= 0.3 is 0 Å². The zero-order valence-corrected chi connectivity index (χ0v) is 20.4. The van der Waals surface area contributed by atoms with Crippen molar-refractivity contribution in [1.82, 2.24) is 0 Å². The summed E-state index contributed by atoms with van der Waals surface area (Å²) in [5, 5.41) is 0. The predicted octanol–water partition coefficient (Wildman–Crippen LogP) is 6.95. The maximum Gasteiger partial charge on any atom is 0.119 e. The van der Waals surface area contributed by atoms with Gasteiger partial charge in [-0.1, -0.05) is 24.3 Å². The number of anilines is 2. The number of hydrogen-bond acceptors (Lipinski definition) is 5. The molecule has 0 aromatic heterocycles. The highest BCUT2D eigenvalue weighted by Crippen LogP contribution is 2.34. The first-order valence-corrected chi connectivity index (χ1v) is 11.2. The molecule has 4 aromatic rings. The first-order chi connectivity index (χ1) is 17.1. The first-order valence-electron chi connectivity index (χ1n) is 11.2. The van der Waals surface area contributed by atoms with Crippen LogP contribution in [0.5, 0.6) is 23.0 Å². The highest BCUT2D eigenvalue weighted by molar-refractivity contribution is 5.84. The van der Waals surface area contributed by atoms with Crippen LogP contribution in [0.25, 0.3) is 5.57 Å². The highest BCUT2D eigenvalue weighted by atomic mass is 16.5. The monoisotopic (exact) mass is 467 g/mol. The molecule has 0 aliphatic rings. The minimum absolute atomic E-state index is 0.804. The van der Waals surface area contributed by atoms with E-state index in [1.54, 1.807) is 28.4 Å². The second-order valence-electron chi connectivity index (χ2n) is 7.77. The number of methoxy groups -OCH3 is 4. The lowest BCUT2D eigenvalue weighted by molar-refractivity contribution is 0.414. The third kappa shape index (κ3) is 5.58. The van der Waals surface area contributed by atoms with Crippen LogP contribution in [0, 0.1) is 0 Å². The molecule has 0 amide bonds. The topological polar surface area (TPSA) is 40.2 Å². The molecule has 0 saturated carbocycles. The second-order valence-corrected chi connectivity index (χ2v) is 7.77.